The van der Waals surface area contributed by atoms with Crippen LogP contribution in [0.5, 0.6) is 0 Å². The number of fused-ring (bicyclic) bond motifs is 1. The number of carbonyl (C=O) groups is 1. The largest absolute Gasteiger partial charge is 0.345 e. The van der Waals surface area contributed by atoms with Crippen LogP contribution in [0.1, 0.15) is 35.8 Å². The average Bonchev–Trinajstić information content (AvgIpc) is 2.45. The van der Waals surface area contributed by atoms with E-state index >= 15 is 0 Å². The number of rotatable bonds is 1. The second-order valence-corrected chi connectivity index (χ2v) is 3.78. The molecule has 2 rings (SSSR count). The highest BCUT2D eigenvalue weighted by atomic mass is 16.2. The number of amides is 1. The molecule has 0 radical (unpaired) electrons. The Morgan fingerprint density at radius 1 is 1.31 bits per heavy atom. The monoisotopic (exact) mass is 175 g/mol. The van der Waals surface area contributed by atoms with Gasteiger partial charge in [0, 0.05) is 5.56 Å². The first kappa shape index (κ1) is 8.30. The Balaban J connectivity index is 2.47. The summed E-state index contributed by atoms with van der Waals surface area (Å²) in [4.78, 5) is 11.5. The Hall–Kier alpha value is -1.31. The molecule has 1 amide bonds. The van der Waals surface area contributed by atoms with Crippen molar-refractivity contribution < 1.29 is 4.79 Å². The molecular formula is C11H13NO. The molecule has 0 aromatic heterocycles. The average molecular weight is 175 g/mol. The lowest BCUT2D eigenvalue weighted by atomic mass is 9.96. The minimum Gasteiger partial charge on any atom is -0.345 e. The molecule has 1 aliphatic heterocycles. The zero-order valence-corrected chi connectivity index (χ0v) is 7.87. The lowest BCUT2D eigenvalue weighted by molar-refractivity contribution is 0.0949. The number of nitrogens with one attached hydrogen (secondary N) is 1. The third-order valence-electron chi connectivity index (χ3n) is 2.49. The number of benzene rings is 1. The molecule has 0 spiro atoms. The molecule has 1 heterocycles. The van der Waals surface area contributed by atoms with Gasteiger partial charge in [0.05, 0.1) is 6.04 Å². The van der Waals surface area contributed by atoms with E-state index in [-0.39, 0.29) is 11.9 Å². The Bertz CT molecular complexity index is 344. The molecule has 1 aliphatic rings. The highest BCUT2D eigenvalue weighted by Gasteiger charge is 2.29. The van der Waals surface area contributed by atoms with Gasteiger partial charge in [0.1, 0.15) is 0 Å². The highest BCUT2D eigenvalue weighted by Crippen LogP contribution is 2.30. The summed E-state index contributed by atoms with van der Waals surface area (Å²) in [7, 11) is 0. The van der Waals surface area contributed by atoms with Gasteiger partial charge in [-0.25, -0.2) is 0 Å². The van der Waals surface area contributed by atoms with Crippen LogP contribution in [-0.4, -0.2) is 5.91 Å². The van der Waals surface area contributed by atoms with Crippen molar-refractivity contribution in [3.8, 4) is 0 Å². The quantitative estimate of drug-likeness (QED) is 0.696. The van der Waals surface area contributed by atoms with Gasteiger partial charge >= 0.3 is 0 Å². The third-order valence-corrected chi connectivity index (χ3v) is 2.49. The molecule has 0 saturated carbocycles. The fraction of sp³-hybridized carbons (Fsp3) is 0.364. The van der Waals surface area contributed by atoms with E-state index in [1.807, 2.05) is 24.3 Å². The summed E-state index contributed by atoms with van der Waals surface area (Å²) in [5, 5.41) is 2.98. The third kappa shape index (κ3) is 1.22. The van der Waals surface area contributed by atoms with Gasteiger partial charge in [0.2, 0.25) is 0 Å². The zero-order valence-electron chi connectivity index (χ0n) is 7.87. The van der Waals surface area contributed by atoms with Crippen molar-refractivity contribution in [2.75, 3.05) is 0 Å². The van der Waals surface area contributed by atoms with Crippen molar-refractivity contribution in [1.82, 2.24) is 5.32 Å². The maximum atomic E-state index is 11.5. The van der Waals surface area contributed by atoms with Crippen molar-refractivity contribution in [1.29, 1.82) is 0 Å². The maximum absolute atomic E-state index is 11.5. The Labute approximate surface area is 78.0 Å². The molecule has 13 heavy (non-hydrogen) atoms. The molecule has 1 aromatic rings. The summed E-state index contributed by atoms with van der Waals surface area (Å²) in [6.45, 7) is 4.24. The Kier molecular flexibility index (Phi) is 1.83. The SMILES string of the molecule is CC(C)C1NC(=O)c2ccccc21. The molecule has 1 aromatic carbocycles. The maximum Gasteiger partial charge on any atom is 0.252 e. The first-order valence-corrected chi connectivity index (χ1v) is 4.60. The summed E-state index contributed by atoms with van der Waals surface area (Å²) in [6, 6.07) is 7.99. The van der Waals surface area contributed by atoms with Crippen molar-refractivity contribution in [2.24, 2.45) is 5.92 Å². The van der Waals surface area contributed by atoms with Crippen LogP contribution >= 0.6 is 0 Å². The number of hydrogen-bond acceptors (Lipinski definition) is 1. The lowest BCUT2D eigenvalue weighted by Crippen LogP contribution is -2.22. The molecule has 1 unspecified atom stereocenters. The Morgan fingerprint density at radius 2 is 2.00 bits per heavy atom. The van der Waals surface area contributed by atoms with E-state index in [0.717, 1.165) is 11.1 Å². The van der Waals surface area contributed by atoms with Crippen LogP contribution in [0.25, 0.3) is 0 Å². The predicted molar refractivity (Wildman–Crippen MR) is 51.5 cm³/mol. The summed E-state index contributed by atoms with van der Waals surface area (Å²) in [5.74, 6) is 0.516. The van der Waals surface area contributed by atoms with Gasteiger partial charge in [-0.05, 0) is 17.5 Å². The predicted octanol–water partition coefficient (Wildman–Crippen LogP) is 2.13. The van der Waals surface area contributed by atoms with E-state index in [0.29, 0.717) is 5.92 Å². The Morgan fingerprint density at radius 3 is 2.69 bits per heavy atom. The van der Waals surface area contributed by atoms with Crippen molar-refractivity contribution in [3.05, 3.63) is 35.4 Å². The lowest BCUT2D eigenvalue weighted by Gasteiger charge is -2.15. The molecule has 0 fully saturated rings. The fourth-order valence-corrected chi connectivity index (χ4v) is 1.80. The second-order valence-electron chi connectivity index (χ2n) is 3.78. The van der Waals surface area contributed by atoms with Crippen LogP contribution in [0, 0.1) is 5.92 Å². The first-order chi connectivity index (χ1) is 6.20. The standard InChI is InChI=1S/C11H13NO/c1-7(2)10-8-5-3-4-6-9(8)11(13)12-10/h3-7,10H,1-2H3,(H,12,13). The van der Waals surface area contributed by atoms with Crippen molar-refractivity contribution in [3.63, 3.8) is 0 Å². The summed E-state index contributed by atoms with van der Waals surface area (Å²) in [6.07, 6.45) is 0. The molecular weight excluding hydrogens is 162 g/mol. The van der Waals surface area contributed by atoms with Crippen LogP contribution in [0.15, 0.2) is 24.3 Å². The summed E-state index contributed by atoms with van der Waals surface area (Å²) in [5.41, 5.74) is 1.98. The summed E-state index contributed by atoms with van der Waals surface area (Å²) >= 11 is 0. The topological polar surface area (TPSA) is 29.1 Å². The van der Waals surface area contributed by atoms with Crippen LogP contribution in [0.2, 0.25) is 0 Å². The minimum absolute atomic E-state index is 0.0642. The van der Waals surface area contributed by atoms with Gasteiger partial charge in [-0.1, -0.05) is 32.0 Å². The molecule has 2 heteroatoms. The van der Waals surface area contributed by atoms with E-state index in [9.17, 15) is 4.79 Å². The van der Waals surface area contributed by atoms with Gasteiger partial charge in [-0.3, -0.25) is 4.79 Å². The molecule has 68 valence electrons. The van der Waals surface area contributed by atoms with Gasteiger partial charge in [-0.15, -0.1) is 0 Å². The summed E-state index contributed by atoms with van der Waals surface area (Å²) < 4.78 is 0. The smallest absolute Gasteiger partial charge is 0.252 e. The van der Waals surface area contributed by atoms with Gasteiger partial charge < -0.3 is 5.32 Å². The van der Waals surface area contributed by atoms with Gasteiger partial charge in [0.25, 0.3) is 5.91 Å². The molecule has 0 aliphatic carbocycles. The van der Waals surface area contributed by atoms with Crippen molar-refractivity contribution in [2.45, 2.75) is 19.9 Å². The first-order valence-electron chi connectivity index (χ1n) is 4.60. The van der Waals surface area contributed by atoms with E-state index in [4.69, 9.17) is 0 Å². The molecule has 0 bridgehead atoms. The number of carbonyl (C=O) groups excluding carboxylic acids is 1. The van der Waals surface area contributed by atoms with Crippen molar-refractivity contribution >= 4 is 5.91 Å². The molecule has 0 saturated heterocycles. The minimum atomic E-state index is 0.0642. The molecule has 1 N–H and O–H groups in total. The second kappa shape index (κ2) is 2.87. The van der Waals surface area contributed by atoms with E-state index in [1.165, 1.54) is 0 Å². The van der Waals surface area contributed by atoms with Crippen LogP contribution < -0.4 is 5.32 Å². The number of hydrogen-bond donors (Lipinski definition) is 1. The highest BCUT2D eigenvalue weighted by molar-refractivity contribution is 5.99. The molecule has 2 nitrogen and oxygen atoms in total. The van der Waals surface area contributed by atoms with E-state index < -0.39 is 0 Å². The zero-order chi connectivity index (χ0) is 9.42. The van der Waals surface area contributed by atoms with E-state index in [1.54, 1.807) is 0 Å². The van der Waals surface area contributed by atoms with Gasteiger partial charge in [0.15, 0.2) is 0 Å². The van der Waals surface area contributed by atoms with Crippen LogP contribution in [0.4, 0.5) is 0 Å². The van der Waals surface area contributed by atoms with Crippen LogP contribution in [-0.2, 0) is 0 Å². The van der Waals surface area contributed by atoms with Gasteiger partial charge in [-0.2, -0.15) is 0 Å². The fourth-order valence-electron chi connectivity index (χ4n) is 1.80. The van der Waals surface area contributed by atoms with E-state index in [2.05, 4.69) is 19.2 Å². The van der Waals surface area contributed by atoms with Crippen LogP contribution in [0.3, 0.4) is 0 Å². The molecule has 1 atom stereocenters. The normalized spacial score (nSPS) is 20.2.